The predicted octanol–water partition coefficient (Wildman–Crippen LogP) is 3.39. The molecule has 2 aromatic rings. The van der Waals surface area contributed by atoms with Crippen LogP contribution in [0.1, 0.15) is 18.2 Å². The van der Waals surface area contributed by atoms with Crippen LogP contribution in [0.3, 0.4) is 0 Å². The van der Waals surface area contributed by atoms with Gasteiger partial charge >= 0.3 is 6.18 Å². The number of rotatable bonds is 3. The number of pyridine rings is 1. The molecule has 2 rings (SSSR count). The van der Waals surface area contributed by atoms with E-state index in [9.17, 15) is 13.2 Å². The van der Waals surface area contributed by atoms with E-state index in [0.717, 1.165) is 6.07 Å². The van der Waals surface area contributed by atoms with E-state index >= 15 is 0 Å². The van der Waals surface area contributed by atoms with Crippen molar-refractivity contribution in [2.24, 2.45) is 11.7 Å². The second kappa shape index (κ2) is 5.17. The molecule has 0 aliphatic carbocycles. The number of fused-ring (bicyclic) bond motifs is 1. The molecule has 0 aliphatic heterocycles. The van der Waals surface area contributed by atoms with Crippen LogP contribution in [0, 0.1) is 5.92 Å². The molecule has 0 saturated carbocycles. The van der Waals surface area contributed by atoms with Crippen molar-refractivity contribution in [3.63, 3.8) is 0 Å². The van der Waals surface area contributed by atoms with Gasteiger partial charge in [0.25, 0.3) is 0 Å². The zero-order valence-corrected chi connectivity index (χ0v) is 10.5. The second-order valence-electron chi connectivity index (χ2n) is 4.72. The van der Waals surface area contributed by atoms with Gasteiger partial charge in [-0.05, 0) is 31.0 Å². The Hall–Kier alpha value is -1.62. The van der Waals surface area contributed by atoms with Gasteiger partial charge in [-0.15, -0.1) is 0 Å². The molecule has 0 bridgehead atoms. The van der Waals surface area contributed by atoms with E-state index in [0.29, 0.717) is 24.0 Å². The summed E-state index contributed by atoms with van der Waals surface area (Å²) in [7, 11) is 0. The lowest BCUT2D eigenvalue weighted by Crippen LogP contribution is -2.14. The molecule has 1 aromatic carbocycles. The Morgan fingerprint density at radius 3 is 2.58 bits per heavy atom. The molecule has 2 N–H and O–H groups in total. The Bertz CT molecular complexity index is 578. The molecule has 0 aliphatic rings. The molecule has 1 atom stereocenters. The lowest BCUT2D eigenvalue weighted by Gasteiger charge is -2.12. The number of alkyl halides is 3. The van der Waals surface area contributed by atoms with Gasteiger partial charge in [0.1, 0.15) is 0 Å². The summed E-state index contributed by atoms with van der Waals surface area (Å²) >= 11 is 0. The highest BCUT2D eigenvalue weighted by atomic mass is 19.4. The van der Waals surface area contributed by atoms with Crippen LogP contribution in [0.25, 0.3) is 10.9 Å². The Kier molecular flexibility index (Phi) is 3.75. The first-order valence-corrected chi connectivity index (χ1v) is 6.07. The fourth-order valence-electron chi connectivity index (χ4n) is 1.97. The van der Waals surface area contributed by atoms with Crippen molar-refractivity contribution >= 4 is 10.9 Å². The molecule has 2 nitrogen and oxygen atoms in total. The monoisotopic (exact) mass is 268 g/mol. The highest BCUT2D eigenvalue weighted by Gasteiger charge is 2.33. The average molecular weight is 268 g/mol. The standard InChI is InChI=1S/C14H15F3N2/c1-9(8-18)7-11-6-5-10-3-2-4-12(13(10)19-11)14(15,16)17/h2-6,9H,7-8,18H2,1H3. The van der Waals surface area contributed by atoms with E-state index in [1.165, 1.54) is 6.07 Å². The molecule has 1 heterocycles. The largest absolute Gasteiger partial charge is 0.418 e. The minimum Gasteiger partial charge on any atom is -0.330 e. The van der Waals surface area contributed by atoms with Crippen molar-refractivity contribution in [2.75, 3.05) is 6.54 Å². The Morgan fingerprint density at radius 2 is 1.95 bits per heavy atom. The third-order valence-corrected chi connectivity index (χ3v) is 3.04. The first-order chi connectivity index (χ1) is 8.91. The van der Waals surface area contributed by atoms with Gasteiger partial charge in [0.05, 0.1) is 11.1 Å². The zero-order valence-electron chi connectivity index (χ0n) is 10.5. The molecule has 0 amide bonds. The first kappa shape index (κ1) is 13.8. The number of nitrogens with two attached hydrogens (primary N) is 1. The van der Waals surface area contributed by atoms with Crippen LogP contribution in [0.15, 0.2) is 30.3 Å². The Morgan fingerprint density at radius 1 is 1.21 bits per heavy atom. The van der Waals surface area contributed by atoms with Crippen molar-refractivity contribution in [1.29, 1.82) is 0 Å². The summed E-state index contributed by atoms with van der Waals surface area (Å²) < 4.78 is 38.8. The number of benzene rings is 1. The molecule has 5 heteroatoms. The summed E-state index contributed by atoms with van der Waals surface area (Å²) in [6, 6.07) is 7.53. The number of hydrogen-bond donors (Lipinski definition) is 1. The van der Waals surface area contributed by atoms with Crippen LogP contribution in [-0.4, -0.2) is 11.5 Å². The Balaban J connectivity index is 2.51. The second-order valence-corrected chi connectivity index (χ2v) is 4.72. The molecule has 19 heavy (non-hydrogen) atoms. The average Bonchev–Trinajstić information content (AvgIpc) is 2.36. The summed E-state index contributed by atoms with van der Waals surface area (Å²) in [6.45, 7) is 2.43. The summed E-state index contributed by atoms with van der Waals surface area (Å²) in [4.78, 5) is 4.15. The number of halogens is 3. The normalized spacial score (nSPS) is 13.7. The summed E-state index contributed by atoms with van der Waals surface area (Å²) in [6.07, 6.45) is -3.80. The third kappa shape index (κ3) is 3.04. The van der Waals surface area contributed by atoms with E-state index in [2.05, 4.69) is 4.98 Å². The van der Waals surface area contributed by atoms with Crippen molar-refractivity contribution in [3.05, 3.63) is 41.6 Å². The minimum absolute atomic E-state index is 0.0109. The molecule has 1 aromatic heterocycles. The number of nitrogens with zero attached hydrogens (tertiary/aromatic N) is 1. The number of para-hydroxylation sites is 1. The van der Waals surface area contributed by atoms with Crippen molar-refractivity contribution in [1.82, 2.24) is 4.98 Å². The fourth-order valence-corrected chi connectivity index (χ4v) is 1.97. The highest BCUT2D eigenvalue weighted by molar-refractivity contribution is 5.82. The van der Waals surface area contributed by atoms with E-state index in [-0.39, 0.29) is 11.4 Å². The quantitative estimate of drug-likeness (QED) is 0.926. The van der Waals surface area contributed by atoms with Gasteiger partial charge in [-0.3, -0.25) is 4.98 Å². The van der Waals surface area contributed by atoms with Crippen LogP contribution in [-0.2, 0) is 12.6 Å². The van der Waals surface area contributed by atoms with Gasteiger partial charge in [0.2, 0.25) is 0 Å². The van der Waals surface area contributed by atoms with Gasteiger partial charge in [-0.2, -0.15) is 13.2 Å². The molecule has 1 unspecified atom stereocenters. The first-order valence-electron chi connectivity index (χ1n) is 6.07. The summed E-state index contributed by atoms with van der Waals surface area (Å²) in [5.74, 6) is 0.197. The predicted molar refractivity (Wildman–Crippen MR) is 68.7 cm³/mol. The summed E-state index contributed by atoms with van der Waals surface area (Å²) in [5, 5.41) is 0.499. The third-order valence-electron chi connectivity index (χ3n) is 3.04. The van der Waals surface area contributed by atoms with Crippen LogP contribution < -0.4 is 5.73 Å². The molecule has 102 valence electrons. The van der Waals surface area contributed by atoms with Crippen molar-refractivity contribution in [3.8, 4) is 0 Å². The smallest absolute Gasteiger partial charge is 0.330 e. The van der Waals surface area contributed by atoms with Crippen molar-refractivity contribution in [2.45, 2.75) is 19.5 Å². The van der Waals surface area contributed by atoms with Crippen molar-refractivity contribution < 1.29 is 13.2 Å². The molecule has 0 spiro atoms. The topological polar surface area (TPSA) is 38.9 Å². The van der Waals surface area contributed by atoms with Gasteiger partial charge in [-0.25, -0.2) is 0 Å². The summed E-state index contributed by atoms with van der Waals surface area (Å²) in [5.41, 5.74) is 5.49. The maximum Gasteiger partial charge on any atom is 0.418 e. The molecular weight excluding hydrogens is 253 g/mol. The van der Waals surface area contributed by atoms with Crippen LogP contribution in [0.2, 0.25) is 0 Å². The van der Waals surface area contributed by atoms with Crippen LogP contribution >= 0.6 is 0 Å². The minimum atomic E-state index is -4.38. The lowest BCUT2D eigenvalue weighted by molar-refractivity contribution is -0.136. The van der Waals surface area contributed by atoms with Gasteiger partial charge < -0.3 is 5.73 Å². The highest BCUT2D eigenvalue weighted by Crippen LogP contribution is 2.33. The van der Waals surface area contributed by atoms with Crippen LogP contribution in [0.4, 0.5) is 13.2 Å². The Labute approximate surface area is 109 Å². The fraction of sp³-hybridized carbons (Fsp3) is 0.357. The maximum absolute atomic E-state index is 12.9. The molecule has 0 radical (unpaired) electrons. The van der Waals surface area contributed by atoms with Gasteiger partial charge in [0.15, 0.2) is 0 Å². The molecule has 0 saturated heterocycles. The van der Waals surface area contributed by atoms with E-state index in [1.807, 2.05) is 6.92 Å². The van der Waals surface area contributed by atoms with Gasteiger partial charge in [-0.1, -0.05) is 25.1 Å². The zero-order chi connectivity index (χ0) is 14.0. The van der Waals surface area contributed by atoms with E-state index < -0.39 is 11.7 Å². The van der Waals surface area contributed by atoms with E-state index in [1.54, 1.807) is 18.2 Å². The molecule has 0 fully saturated rings. The SMILES string of the molecule is CC(CN)Cc1ccc2cccc(C(F)(F)F)c2n1. The lowest BCUT2D eigenvalue weighted by atomic mass is 10.0. The van der Waals surface area contributed by atoms with E-state index in [4.69, 9.17) is 5.73 Å². The maximum atomic E-state index is 12.9. The number of aromatic nitrogens is 1. The number of hydrogen-bond acceptors (Lipinski definition) is 2. The van der Waals surface area contributed by atoms with Crippen LogP contribution in [0.5, 0.6) is 0 Å². The molecular formula is C14H15F3N2. The van der Waals surface area contributed by atoms with Gasteiger partial charge in [0, 0.05) is 11.1 Å².